The summed E-state index contributed by atoms with van der Waals surface area (Å²) in [5.74, 6) is 1.49. The van der Waals surface area contributed by atoms with E-state index in [1.165, 1.54) is 28.7 Å². The summed E-state index contributed by atoms with van der Waals surface area (Å²) < 4.78 is 31.0. The van der Waals surface area contributed by atoms with E-state index in [4.69, 9.17) is 23.7 Å². The molecule has 6 heteroatoms. The van der Waals surface area contributed by atoms with Gasteiger partial charge in [0.25, 0.3) is 0 Å². The lowest BCUT2D eigenvalue weighted by Gasteiger charge is -2.58. The zero-order valence-electron chi connectivity index (χ0n) is 26.6. The van der Waals surface area contributed by atoms with Crippen LogP contribution in [0.4, 0.5) is 0 Å². The molecule has 3 heterocycles. The normalized spacial score (nSPS) is 41.4. The van der Waals surface area contributed by atoms with Crippen LogP contribution in [0.2, 0.25) is 0 Å². The summed E-state index contributed by atoms with van der Waals surface area (Å²) >= 11 is 0. The van der Waals surface area contributed by atoms with Crippen molar-refractivity contribution in [2.24, 2.45) is 17.3 Å². The number of ether oxygens (including phenoxy) is 5. The van der Waals surface area contributed by atoms with E-state index in [-0.39, 0.29) is 23.2 Å². The van der Waals surface area contributed by atoms with Crippen molar-refractivity contribution in [2.75, 3.05) is 26.4 Å². The molecular formula is C37H52O6. The third kappa shape index (κ3) is 4.69. The number of aliphatic hydroxyl groups is 1. The molecule has 1 aromatic rings. The smallest absolute Gasteiger partial charge is 0.199 e. The van der Waals surface area contributed by atoms with Crippen molar-refractivity contribution < 1.29 is 28.8 Å². The van der Waals surface area contributed by atoms with E-state index in [1.807, 2.05) is 13.8 Å². The minimum Gasteiger partial charge on any atom is -0.465 e. The molecule has 0 bridgehead atoms. The largest absolute Gasteiger partial charge is 0.465 e. The molecule has 7 aliphatic rings. The molecule has 4 aliphatic carbocycles. The number of benzene rings is 1. The third-order valence-corrected chi connectivity index (χ3v) is 12.4. The summed E-state index contributed by atoms with van der Waals surface area (Å²) in [5, 5.41) is 12.3. The van der Waals surface area contributed by atoms with E-state index >= 15 is 0 Å². The van der Waals surface area contributed by atoms with Gasteiger partial charge in [0, 0.05) is 30.6 Å². The first kappa shape index (κ1) is 30.0. The molecule has 3 saturated heterocycles. The van der Waals surface area contributed by atoms with Crippen LogP contribution in [-0.2, 0) is 18.9 Å². The van der Waals surface area contributed by atoms with Crippen LogP contribution in [0, 0.1) is 17.3 Å². The highest BCUT2D eigenvalue weighted by Crippen LogP contribution is 2.70. The monoisotopic (exact) mass is 592 g/mol. The molecule has 7 atom stereocenters. The molecule has 0 amide bonds. The Labute approximate surface area is 258 Å². The molecule has 1 aromatic carbocycles. The first-order valence-electron chi connectivity index (χ1n) is 17.3. The molecule has 8 rings (SSSR count). The second-order valence-electron chi connectivity index (χ2n) is 14.2. The highest BCUT2D eigenvalue weighted by molar-refractivity contribution is 5.46. The molecule has 0 radical (unpaired) electrons. The van der Waals surface area contributed by atoms with Crippen LogP contribution in [0.3, 0.4) is 0 Å². The zero-order chi connectivity index (χ0) is 29.9. The highest BCUT2D eigenvalue weighted by atomic mass is 16.7. The summed E-state index contributed by atoms with van der Waals surface area (Å²) in [6.45, 7) is 13.9. The predicted molar refractivity (Wildman–Crippen MR) is 166 cm³/mol. The van der Waals surface area contributed by atoms with Crippen molar-refractivity contribution >= 4 is 0 Å². The molecule has 43 heavy (non-hydrogen) atoms. The van der Waals surface area contributed by atoms with Crippen molar-refractivity contribution in [1.82, 2.24) is 0 Å². The minimum absolute atomic E-state index is 0.0219. The molecule has 0 aromatic heterocycles. The van der Waals surface area contributed by atoms with E-state index in [0.29, 0.717) is 31.5 Å². The first-order chi connectivity index (χ1) is 20.8. The molecule has 6 nitrogen and oxygen atoms in total. The van der Waals surface area contributed by atoms with Crippen LogP contribution in [0.15, 0.2) is 47.6 Å². The molecule has 236 valence electrons. The summed E-state index contributed by atoms with van der Waals surface area (Å²) in [6, 6.07) is 8.79. The maximum atomic E-state index is 12.3. The van der Waals surface area contributed by atoms with Gasteiger partial charge in [0.2, 0.25) is 0 Å². The fourth-order valence-corrected chi connectivity index (χ4v) is 10.5. The van der Waals surface area contributed by atoms with Gasteiger partial charge in [-0.15, -0.1) is 0 Å². The quantitative estimate of drug-likeness (QED) is 0.365. The maximum Gasteiger partial charge on any atom is 0.199 e. The average Bonchev–Trinajstić information content (AvgIpc) is 3.72. The van der Waals surface area contributed by atoms with Gasteiger partial charge in [-0.25, -0.2) is 0 Å². The number of hydrogen-bond donors (Lipinski definition) is 1. The van der Waals surface area contributed by atoms with Gasteiger partial charge in [0.05, 0.1) is 37.6 Å². The maximum absolute atomic E-state index is 12.3. The van der Waals surface area contributed by atoms with Crippen LogP contribution < -0.4 is 4.74 Å². The number of fused-ring (bicyclic) bond motifs is 5. The Morgan fingerprint density at radius 1 is 0.884 bits per heavy atom. The van der Waals surface area contributed by atoms with Crippen LogP contribution >= 0.6 is 0 Å². The van der Waals surface area contributed by atoms with Crippen LogP contribution in [0.1, 0.15) is 109 Å². The Morgan fingerprint density at radius 2 is 1.67 bits per heavy atom. The Kier molecular flexibility index (Phi) is 7.86. The lowest BCUT2D eigenvalue weighted by atomic mass is 9.49. The summed E-state index contributed by atoms with van der Waals surface area (Å²) in [4.78, 5) is 0. The van der Waals surface area contributed by atoms with Crippen LogP contribution in [0.5, 0.6) is 5.75 Å². The Bertz CT molecular complexity index is 1230. The van der Waals surface area contributed by atoms with Crippen molar-refractivity contribution in [2.45, 2.75) is 127 Å². The minimum atomic E-state index is -0.856. The van der Waals surface area contributed by atoms with Crippen LogP contribution in [0.25, 0.3) is 0 Å². The van der Waals surface area contributed by atoms with Gasteiger partial charge in [-0.05, 0) is 98.5 Å². The Morgan fingerprint density at radius 3 is 2.37 bits per heavy atom. The molecule has 1 unspecified atom stereocenters. The molecule has 3 aliphatic heterocycles. The van der Waals surface area contributed by atoms with Crippen LogP contribution in [-0.4, -0.2) is 54.8 Å². The van der Waals surface area contributed by atoms with Crippen molar-refractivity contribution in [3.63, 3.8) is 0 Å². The number of allylic oxidation sites excluding steroid dienone is 1. The van der Waals surface area contributed by atoms with Gasteiger partial charge < -0.3 is 28.8 Å². The van der Waals surface area contributed by atoms with E-state index in [9.17, 15) is 5.11 Å². The predicted octanol–water partition coefficient (Wildman–Crippen LogP) is 7.60. The lowest BCUT2D eigenvalue weighted by molar-refractivity contribution is -0.208. The first-order valence-corrected chi connectivity index (χ1v) is 17.3. The number of rotatable bonds is 3. The summed E-state index contributed by atoms with van der Waals surface area (Å²) in [5.41, 5.74) is 4.37. The van der Waals surface area contributed by atoms with Gasteiger partial charge in [-0.3, -0.25) is 0 Å². The fourth-order valence-electron chi connectivity index (χ4n) is 10.5. The Balaban J connectivity index is 0.00000147. The third-order valence-electron chi connectivity index (χ3n) is 12.4. The standard InChI is InChI=1S/C35H46O6.C2H6/c1-23-13-18-40-35(23)16-12-28-26-10-14-33(36)22-34(38-19-20-39-34)15-11-29(33)31(26)27(21-32(28,35)2)24-6-8-25(9-7-24)41-30-5-3-4-17-37-30;1-2/h6-9,26-28,30,36H,1,3-5,10-22H2,2H3;1-2H3/t26-,27+,28-,30?,32-,33+,35+;/m0./s1. The zero-order valence-corrected chi connectivity index (χ0v) is 26.6. The van der Waals surface area contributed by atoms with Crippen molar-refractivity contribution in [3.05, 3.63) is 53.1 Å². The summed E-state index contributed by atoms with van der Waals surface area (Å²) in [7, 11) is 0. The van der Waals surface area contributed by atoms with E-state index in [2.05, 4.69) is 37.8 Å². The van der Waals surface area contributed by atoms with Gasteiger partial charge in [-0.2, -0.15) is 0 Å². The van der Waals surface area contributed by atoms with E-state index in [1.54, 1.807) is 0 Å². The van der Waals surface area contributed by atoms with Gasteiger partial charge >= 0.3 is 0 Å². The van der Waals surface area contributed by atoms with Gasteiger partial charge in [0.15, 0.2) is 12.1 Å². The molecule has 6 fully saturated rings. The van der Waals surface area contributed by atoms with E-state index < -0.39 is 11.4 Å². The van der Waals surface area contributed by atoms with Gasteiger partial charge in [0.1, 0.15) is 5.75 Å². The van der Waals surface area contributed by atoms with Crippen molar-refractivity contribution in [1.29, 1.82) is 0 Å². The Hall–Kier alpha value is -1.70. The SMILES string of the molecule is C=C1CCO[C@]12CC[C@H]1[C@@H]3CC[C@@]4(O)CC5(CCC4=C3[C@@H](c3ccc(OC4CCCCO4)cc3)C[C@@]12C)OCCO5.CC. The highest BCUT2D eigenvalue weighted by Gasteiger charge is 2.67. The topological polar surface area (TPSA) is 66.4 Å². The molecule has 3 saturated carbocycles. The second kappa shape index (κ2) is 11.3. The fraction of sp³-hybridized carbons (Fsp3) is 0.730. The molecular weight excluding hydrogens is 540 g/mol. The van der Waals surface area contributed by atoms with Crippen molar-refractivity contribution in [3.8, 4) is 5.75 Å². The lowest BCUT2D eigenvalue weighted by Crippen LogP contribution is -2.55. The molecule has 2 spiro atoms. The van der Waals surface area contributed by atoms with Gasteiger partial charge in [-0.1, -0.05) is 45.1 Å². The number of hydrogen-bond acceptors (Lipinski definition) is 6. The van der Waals surface area contributed by atoms with E-state index in [0.717, 1.165) is 83.2 Å². The average molecular weight is 593 g/mol. The second-order valence-corrected chi connectivity index (χ2v) is 14.2. The molecule has 1 N–H and O–H groups in total. The summed E-state index contributed by atoms with van der Waals surface area (Å²) in [6.07, 6.45) is 11.3.